The maximum Gasteiger partial charge on any atom is 0.679 e. The predicted molar refractivity (Wildman–Crippen MR) is 61.4 cm³/mol. The first kappa shape index (κ1) is 14.8. The van der Waals surface area contributed by atoms with Gasteiger partial charge in [-0.15, -0.1) is 6.58 Å². The molecule has 90 valence electrons. The average molecular weight is 234 g/mol. The lowest BCUT2D eigenvalue weighted by Crippen LogP contribution is -2.49. The number of rotatable bonds is 10. The van der Waals surface area contributed by atoms with E-state index in [1.807, 2.05) is 20.8 Å². The molecule has 0 aromatic rings. The van der Waals surface area contributed by atoms with Gasteiger partial charge in [-0.1, -0.05) is 6.08 Å². The minimum atomic E-state index is -2.88. The van der Waals surface area contributed by atoms with Crippen LogP contribution >= 0.6 is 0 Å². The van der Waals surface area contributed by atoms with Gasteiger partial charge >= 0.3 is 9.05 Å². The largest absolute Gasteiger partial charge is 0.679 e. The summed E-state index contributed by atoms with van der Waals surface area (Å²) in [7, 11) is -2.88. The van der Waals surface area contributed by atoms with E-state index in [-0.39, 0.29) is 0 Å². The maximum atomic E-state index is 5.59. The Hall–Kier alpha value is -0.203. The summed E-state index contributed by atoms with van der Waals surface area (Å²) in [5.41, 5.74) is 0. The maximum absolute atomic E-state index is 5.59. The van der Waals surface area contributed by atoms with E-state index in [0.29, 0.717) is 26.4 Å². The van der Waals surface area contributed by atoms with Gasteiger partial charge in [0.2, 0.25) is 0 Å². The second-order valence-electron chi connectivity index (χ2n) is 2.72. The standard InChI is InChI=1S/C10H22O4Si/c1-5-9-10-14-15(11-6-2,12-7-3)13-8-4/h5H,1,6-10H2,2-4H3. The molecule has 0 heterocycles. The molecule has 5 heteroatoms. The highest BCUT2D eigenvalue weighted by molar-refractivity contribution is 6.53. The first-order chi connectivity index (χ1) is 7.24. The molecule has 15 heavy (non-hydrogen) atoms. The zero-order valence-electron chi connectivity index (χ0n) is 9.95. The Morgan fingerprint density at radius 3 is 1.73 bits per heavy atom. The summed E-state index contributed by atoms with van der Waals surface area (Å²) in [5.74, 6) is 0. The lowest BCUT2D eigenvalue weighted by atomic mass is 10.5. The van der Waals surface area contributed by atoms with Crippen LogP contribution in [0.5, 0.6) is 0 Å². The number of hydrogen-bond acceptors (Lipinski definition) is 4. The second-order valence-corrected chi connectivity index (χ2v) is 4.88. The molecule has 4 nitrogen and oxygen atoms in total. The van der Waals surface area contributed by atoms with Crippen LogP contribution in [0.3, 0.4) is 0 Å². The molecule has 0 rings (SSSR count). The Kier molecular flexibility index (Phi) is 8.93. The van der Waals surface area contributed by atoms with Gasteiger partial charge in [0.15, 0.2) is 0 Å². The molecule has 0 aliphatic carbocycles. The molecule has 0 aromatic heterocycles. The van der Waals surface area contributed by atoms with Crippen LogP contribution in [0.1, 0.15) is 27.2 Å². The fourth-order valence-corrected chi connectivity index (χ4v) is 2.98. The van der Waals surface area contributed by atoms with E-state index in [9.17, 15) is 0 Å². The summed E-state index contributed by atoms with van der Waals surface area (Å²) >= 11 is 0. The molecule has 0 radical (unpaired) electrons. The van der Waals surface area contributed by atoms with Crippen molar-refractivity contribution in [3.05, 3.63) is 12.7 Å². The van der Waals surface area contributed by atoms with Crippen molar-refractivity contribution in [3.63, 3.8) is 0 Å². The Bertz CT molecular complexity index is 146. The molecule has 0 aromatic carbocycles. The minimum absolute atomic E-state index is 0.524. The molecular formula is C10H22O4Si. The summed E-state index contributed by atoms with van der Waals surface area (Å²) < 4.78 is 22.1. The Morgan fingerprint density at radius 2 is 1.40 bits per heavy atom. The summed E-state index contributed by atoms with van der Waals surface area (Å²) in [5, 5.41) is 0. The van der Waals surface area contributed by atoms with Crippen molar-refractivity contribution in [1.29, 1.82) is 0 Å². The third kappa shape index (κ3) is 6.06. The number of hydrogen-bond donors (Lipinski definition) is 0. The van der Waals surface area contributed by atoms with E-state index in [0.717, 1.165) is 6.42 Å². The van der Waals surface area contributed by atoms with E-state index in [1.165, 1.54) is 0 Å². The van der Waals surface area contributed by atoms with Gasteiger partial charge in [0.1, 0.15) is 0 Å². The third-order valence-electron chi connectivity index (χ3n) is 1.56. The highest BCUT2D eigenvalue weighted by Gasteiger charge is 2.44. The van der Waals surface area contributed by atoms with Crippen LogP contribution in [-0.2, 0) is 17.7 Å². The fraction of sp³-hybridized carbons (Fsp3) is 0.800. The summed E-state index contributed by atoms with van der Waals surface area (Å²) in [6.45, 7) is 11.4. The van der Waals surface area contributed by atoms with Crippen LogP contribution < -0.4 is 0 Å². The van der Waals surface area contributed by atoms with Gasteiger partial charge in [-0.25, -0.2) is 0 Å². The van der Waals surface area contributed by atoms with Crippen LogP contribution in [-0.4, -0.2) is 35.5 Å². The van der Waals surface area contributed by atoms with Gasteiger partial charge in [-0.3, -0.25) is 0 Å². The van der Waals surface area contributed by atoms with Crippen molar-refractivity contribution in [2.24, 2.45) is 0 Å². The molecule has 0 unspecified atom stereocenters. The highest BCUT2D eigenvalue weighted by Crippen LogP contribution is 2.12. The van der Waals surface area contributed by atoms with Crippen molar-refractivity contribution in [2.75, 3.05) is 26.4 Å². The first-order valence-corrected chi connectivity index (χ1v) is 7.04. The van der Waals surface area contributed by atoms with Gasteiger partial charge in [-0.05, 0) is 27.2 Å². The lowest BCUT2D eigenvalue weighted by molar-refractivity contribution is -0.0265. The van der Waals surface area contributed by atoms with Gasteiger partial charge < -0.3 is 17.7 Å². The van der Waals surface area contributed by atoms with Gasteiger partial charge in [-0.2, -0.15) is 0 Å². The smallest absolute Gasteiger partial charge is 0.351 e. The average Bonchev–Trinajstić information content (AvgIpc) is 2.19. The monoisotopic (exact) mass is 234 g/mol. The zero-order chi connectivity index (χ0) is 11.6. The van der Waals surface area contributed by atoms with Gasteiger partial charge in [0.25, 0.3) is 0 Å². The molecule has 0 spiro atoms. The van der Waals surface area contributed by atoms with Crippen molar-refractivity contribution in [3.8, 4) is 0 Å². The second kappa shape index (κ2) is 9.05. The third-order valence-corrected chi connectivity index (χ3v) is 4.05. The van der Waals surface area contributed by atoms with Crippen LogP contribution in [0.2, 0.25) is 0 Å². The molecule has 0 N–H and O–H groups in total. The van der Waals surface area contributed by atoms with Gasteiger partial charge in [0.05, 0.1) is 0 Å². The Morgan fingerprint density at radius 1 is 0.933 bits per heavy atom. The first-order valence-electron chi connectivity index (χ1n) is 5.41. The van der Waals surface area contributed by atoms with Gasteiger partial charge in [0, 0.05) is 26.4 Å². The highest BCUT2D eigenvalue weighted by atomic mass is 28.4. The van der Waals surface area contributed by atoms with Crippen molar-refractivity contribution >= 4 is 9.05 Å². The molecule has 0 aliphatic rings. The lowest BCUT2D eigenvalue weighted by Gasteiger charge is -2.26. The molecule has 0 amide bonds. The molecule has 0 fully saturated rings. The summed E-state index contributed by atoms with van der Waals surface area (Å²) in [6, 6.07) is 0. The fourth-order valence-electron chi connectivity index (χ4n) is 1.05. The van der Waals surface area contributed by atoms with Crippen LogP contribution in [0, 0.1) is 0 Å². The van der Waals surface area contributed by atoms with E-state index in [1.54, 1.807) is 6.08 Å². The normalized spacial score (nSPS) is 11.7. The predicted octanol–water partition coefficient (Wildman–Crippen LogP) is 2.12. The van der Waals surface area contributed by atoms with E-state index in [4.69, 9.17) is 17.7 Å². The van der Waals surface area contributed by atoms with Crippen LogP contribution in [0.15, 0.2) is 12.7 Å². The van der Waals surface area contributed by atoms with E-state index >= 15 is 0 Å². The van der Waals surface area contributed by atoms with Crippen LogP contribution in [0.25, 0.3) is 0 Å². The molecule has 0 bridgehead atoms. The summed E-state index contributed by atoms with van der Waals surface area (Å²) in [4.78, 5) is 0. The van der Waals surface area contributed by atoms with E-state index in [2.05, 4.69) is 6.58 Å². The van der Waals surface area contributed by atoms with E-state index < -0.39 is 9.05 Å². The molecule has 0 saturated heterocycles. The van der Waals surface area contributed by atoms with Crippen molar-refractivity contribution < 1.29 is 17.7 Å². The molecule has 0 aliphatic heterocycles. The quantitative estimate of drug-likeness (QED) is 0.330. The molecular weight excluding hydrogens is 212 g/mol. The topological polar surface area (TPSA) is 36.9 Å². The minimum Gasteiger partial charge on any atom is -0.351 e. The SMILES string of the molecule is C=CCCO[Si](OCC)(OCC)OCC. The Balaban J connectivity index is 4.24. The zero-order valence-corrected chi connectivity index (χ0v) is 11.0. The molecule has 0 saturated carbocycles. The van der Waals surface area contributed by atoms with Crippen LogP contribution in [0.4, 0.5) is 0 Å². The summed E-state index contributed by atoms with van der Waals surface area (Å²) in [6.07, 6.45) is 2.56. The Labute approximate surface area is 93.7 Å². The molecule has 0 atom stereocenters. The van der Waals surface area contributed by atoms with Crippen molar-refractivity contribution in [1.82, 2.24) is 0 Å². The van der Waals surface area contributed by atoms with Crippen molar-refractivity contribution in [2.45, 2.75) is 27.2 Å².